The fraction of sp³-hybridized carbons (Fsp3) is 0.455. The fourth-order valence-corrected chi connectivity index (χ4v) is 1.03. The summed E-state index contributed by atoms with van der Waals surface area (Å²) in [6.07, 6.45) is -2.53. The van der Waals surface area contributed by atoms with Gasteiger partial charge in [0, 0.05) is 10.1 Å². The molecule has 14 heavy (non-hydrogen) atoms. The molecule has 76 valence electrons. The van der Waals surface area contributed by atoms with Crippen LogP contribution >= 0.6 is 0 Å². The summed E-state index contributed by atoms with van der Waals surface area (Å²) in [5.74, 6) is -0.159. The third-order valence-electron chi connectivity index (χ3n) is 1.79. The van der Waals surface area contributed by atoms with Gasteiger partial charge in [-0.2, -0.15) is 0 Å². The molecule has 1 aliphatic heterocycles. The average Bonchev–Trinajstić information content (AvgIpc) is 2.85. The molecule has 0 saturated heterocycles. The molecule has 0 aromatic heterocycles. The van der Waals surface area contributed by atoms with Crippen LogP contribution in [0.1, 0.15) is 20.7 Å². The largest absolute Gasteiger partial charge is 0.454 e. The summed E-state index contributed by atoms with van der Waals surface area (Å²) in [6, 6.07) is -3.40. The van der Waals surface area contributed by atoms with Crippen LogP contribution in [-0.2, 0) is 6.37 Å². The van der Waals surface area contributed by atoms with Crippen molar-refractivity contribution in [3.05, 3.63) is 23.7 Å². The smallest absolute Gasteiger partial charge is 0.231 e. The molecule has 0 saturated carbocycles. The van der Waals surface area contributed by atoms with E-state index in [1.165, 1.54) is 14.0 Å². The average molecular weight is 200 g/mol. The van der Waals surface area contributed by atoms with Crippen LogP contribution in [0.15, 0.2) is 18.1 Å². The second-order valence-corrected chi connectivity index (χ2v) is 2.75. The van der Waals surface area contributed by atoms with E-state index in [-0.39, 0.29) is 24.3 Å². The minimum absolute atomic E-state index is 0.0598. The van der Waals surface area contributed by atoms with Crippen molar-refractivity contribution >= 4 is 0 Å². The molecule has 1 atom stereocenters. The number of nitrogens with one attached hydrogen (secondary N) is 1. The molecule has 1 aromatic carbocycles. The van der Waals surface area contributed by atoms with Gasteiger partial charge in [-0.15, -0.1) is 0 Å². The molecule has 3 heteroatoms. The molecular formula is C11H15NO2. The second kappa shape index (κ2) is 3.88. The van der Waals surface area contributed by atoms with Gasteiger partial charge < -0.3 is 14.8 Å². The number of hydrogen-bond donors (Lipinski definition) is 1. The Morgan fingerprint density at radius 2 is 2.50 bits per heavy atom. The lowest BCUT2D eigenvalue weighted by molar-refractivity contribution is 0.174. The Morgan fingerprint density at radius 3 is 3.29 bits per heavy atom. The van der Waals surface area contributed by atoms with Crippen LogP contribution in [0.3, 0.4) is 0 Å². The maximum Gasteiger partial charge on any atom is 0.231 e. The quantitative estimate of drug-likeness (QED) is 0.803. The van der Waals surface area contributed by atoms with Crippen molar-refractivity contribution in [3.63, 3.8) is 0 Å². The highest BCUT2D eigenvalue weighted by molar-refractivity contribution is 5.44. The molecule has 1 N–H and O–H groups in total. The van der Waals surface area contributed by atoms with Gasteiger partial charge in [0.05, 0.1) is 4.11 Å². The highest BCUT2D eigenvalue weighted by Crippen LogP contribution is 2.32. The maximum absolute atomic E-state index is 8.14. The van der Waals surface area contributed by atoms with E-state index in [0.29, 0.717) is 5.31 Å². The Kier molecular flexibility index (Phi) is 1.14. The van der Waals surface area contributed by atoms with E-state index in [2.05, 4.69) is 0 Å². The molecule has 0 radical (unpaired) electrons. The van der Waals surface area contributed by atoms with Crippen molar-refractivity contribution in [2.45, 2.75) is 19.3 Å². The molecule has 0 amide bonds. The molecule has 1 heterocycles. The SMILES string of the molecule is [2H]c1c([2H])c(C([2H])([2H])C([2H])(C)N([2H])C)c([2H])c2c1OCO2. The summed E-state index contributed by atoms with van der Waals surface area (Å²) >= 11 is 0. The first-order chi connectivity index (χ1) is 9.53. The summed E-state index contributed by atoms with van der Waals surface area (Å²) in [5, 5.41) is 0.611. The van der Waals surface area contributed by atoms with Gasteiger partial charge in [0.25, 0.3) is 0 Å². The Bertz CT molecular complexity index is 589. The van der Waals surface area contributed by atoms with E-state index < -0.39 is 30.0 Å². The van der Waals surface area contributed by atoms with Crippen LogP contribution in [0.5, 0.6) is 11.5 Å². The van der Waals surface area contributed by atoms with Gasteiger partial charge in [0.1, 0.15) is 1.41 Å². The van der Waals surface area contributed by atoms with E-state index in [9.17, 15) is 0 Å². The number of hydrogen-bond acceptors (Lipinski definition) is 3. The minimum Gasteiger partial charge on any atom is -0.454 e. The van der Waals surface area contributed by atoms with Crippen LogP contribution in [0.25, 0.3) is 0 Å². The number of ether oxygens (including phenoxy) is 2. The predicted molar refractivity (Wildman–Crippen MR) is 54.8 cm³/mol. The molecule has 0 fully saturated rings. The molecule has 0 bridgehead atoms. The van der Waals surface area contributed by atoms with Gasteiger partial charge in [-0.05, 0) is 38.0 Å². The Morgan fingerprint density at radius 1 is 1.71 bits per heavy atom. The molecule has 0 aliphatic carbocycles. The van der Waals surface area contributed by atoms with E-state index in [1.807, 2.05) is 0 Å². The van der Waals surface area contributed by atoms with E-state index in [0.717, 1.165) is 0 Å². The second-order valence-electron chi connectivity index (χ2n) is 2.75. The van der Waals surface area contributed by atoms with Gasteiger partial charge >= 0.3 is 0 Å². The Hall–Kier alpha value is -1.22. The van der Waals surface area contributed by atoms with Gasteiger partial charge in [-0.3, -0.25) is 0 Å². The molecule has 1 unspecified atom stereocenters. The summed E-state index contributed by atoms with van der Waals surface area (Å²) in [5.41, 5.74) is -0.451. The number of benzene rings is 1. The Labute approximate surface area is 93.9 Å². The van der Waals surface area contributed by atoms with E-state index >= 15 is 0 Å². The zero-order valence-corrected chi connectivity index (χ0v) is 7.97. The summed E-state index contributed by atoms with van der Waals surface area (Å²) in [6.45, 7) is 0.975. The van der Waals surface area contributed by atoms with Crippen molar-refractivity contribution in [2.75, 3.05) is 13.8 Å². The fourth-order valence-electron chi connectivity index (χ4n) is 1.03. The first-order valence-electron chi connectivity index (χ1n) is 7.60. The number of rotatable bonds is 3. The summed E-state index contributed by atoms with van der Waals surface area (Å²) < 4.78 is 65.7. The highest BCUT2D eigenvalue weighted by Gasteiger charge is 2.13. The van der Waals surface area contributed by atoms with Crippen molar-refractivity contribution in [1.82, 2.24) is 5.31 Å². The van der Waals surface area contributed by atoms with Crippen molar-refractivity contribution in [1.29, 1.82) is 0 Å². The minimum atomic E-state index is -2.53. The molecule has 0 spiro atoms. The van der Waals surface area contributed by atoms with Crippen LogP contribution in [-0.4, -0.2) is 19.9 Å². The predicted octanol–water partition coefficient (Wildman–Crippen LogP) is 1.57. The first-order valence-corrected chi connectivity index (χ1v) is 4.16. The normalized spacial score (nSPS) is 26.4. The van der Waals surface area contributed by atoms with Crippen LogP contribution in [0.4, 0.5) is 0 Å². The maximum atomic E-state index is 8.14. The summed E-state index contributed by atoms with van der Waals surface area (Å²) in [4.78, 5) is 0. The van der Waals surface area contributed by atoms with Crippen molar-refractivity contribution in [3.8, 4) is 11.5 Å². The van der Waals surface area contributed by atoms with Gasteiger partial charge in [-0.1, -0.05) is 6.04 Å². The lowest BCUT2D eigenvalue weighted by atomic mass is 10.1. The highest BCUT2D eigenvalue weighted by atomic mass is 16.7. The standard InChI is InChI=1S/C11H15NO2/c1-8(12-2)5-9-3-4-10-11(6-9)14-7-13-10/h3-4,6,8,12H,5,7H2,1-2H3/i3D,4D,5D2,6D,8D/hD. The van der Waals surface area contributed by atoms with Crippen molar-refractivity contribution < 1.29 is 19.1 Å². The van der Waals surface area contributed by atoms with Gasteiger partial charge in [-0.25, -0.2) is 0 Å². The lowest BCUT2D eigenvalue weighted by Gasteiger charge is -2.09. The molecule has 3 nitrogen and oxygen atoms in total. The first kappa shape index (κ1) is 4.11. The molecular weight excluding hydrogens is 178 g/mol. The van der Waals surface area contributed by atoms with Gasteiger partial charge in [0.2, 0.25) is 6.79 Å². The Balaban J connectivity index is 2.73. The zero-order valence-electron chi connectivity index (χ0n) is 15.0. The molecule has 1 aliphatic rings. The molecule has 2 rings (SSSR count). The van der Waals surface area contributed by atoms with Crippen LogP contribution < -0.4 is 14.8 Å². The zero-order chi connectivity index (χ0) is 16.2. The number of fused-ring (bicyclic) bond motifs is 1. The van der Waals surface area contributed by atoms with Crippen LogP contribution in [0, 0.1) is 0 Å². The monoisotopic (exact) mass is 200 g/mol. The van der Waals surface area contributed by atoms with Gasteiger partial charge in [0.15, 0.2) is 11.5 Å². The lowest BCUT2D eigenvalue weighted by Crippen LogP contribution is -2.23. The third kappa shape index (κ3) is 1.82. The van der Waals surface area contributed by atoms with Crippen molar-refractivity contribution in [2.24, 2.45) is 0 Å². The number of likely N-dealkylation sites (N-methyl/N-ethyl adjacent to an activating group) is 1. The van der Waals surface area contributed by atoms with Crippen LogP contribution in [0.2, 0.25) is 1.41 Å². The van der Waals surface area contributed by atoms with E-state index in [1.54, 1.807) is 0 Å². The third-order valence-corrected chi connectivity index (χ3v) is 1.79. The summed E-state index contributed by atoms with van der Waals surface area (Å²) in [7, 11) is 1.21. The van der Waals surface area contributed by atoms with E-state index in [4.69, 9.17) is 19.1 Å². The molecule has 1 aromatic rings. The topological polar surface area (TPSA) is 30.5 Å².